The minimum atomic E-state index is -1.39. The third-order valence-electron chi connectivity index (χ3n) is 4.07. The molecular formula is C14H12Cl2F4. The summed E-state index contributed by atoms with van der Waals surface area (Å²) in [5.74, 6) is -5.73. The summed E-state index contributed by atoms with van der Waals surface area (Å²) in [5, 5.41) is 0. The van der Waals surface area contributed by atoms with E-state index in [0.717, 1.165) is 0 Å². The van der Waals surface area contributed by atoms with E-state index in [-0.39, 0.29) is 34.2 Å². The van der Waals surface area contributed by atoms with Crippen LogP contribution in [0.2, 0.25) is 0 Å². The Labute approximate surface area is 124 Å². The normalized spacial score (nSPS) is 23.6. The van der Waals surface area contributed by atoms with Gasteiger partial charge < -0.3 is 0 Å². The Kier molecular flexibility index (Phi) is 4.09. The van der Waals surface area contributed by atoms with Crippen molar-refractivity contribution in [1.82, 2.24) is 0 Å². The van der Waals surface area contributed by atoms with Gasteiger partial charge in [0.2, 0.25) is 0 Å². The zero-order chi connectivity index (χ0) is 15.2. The smallest absolute Gasteiger partial charge is 0.165 e. The fourth-order valence-corrected chi connectivity index (χ4v) is 2.94. The van der Waals surface area contributed by atoms with Gasteiger partial charge in [-0.1, -0.05) is 43.1 Å². The van der Waals surface area contributed by atoms with Crippen molar-refractivity contribution in [2.75, 3.05) is 0 Å². The molecule has 6 heteroatoms. The van der Waals surface area contributed by atoms with Crippen LogP contribution in [0.3, 0.4) is 0 Å². The lowest BCUT2D eigenvalue weighted by Crippen LogP contribution is -2.05. The Morgan fingerprint density at radius 3 is 2.10 bits per heavy atom. The van der Waals surface area contributed by atoms with Gasteiger partial charge in [-0.3, -0.25) is 0 Å². The van der Waals surface area contributed by atoms with Crippen LogP contribution in [-0.4, -0.2) is 0 Å². The molecule has 0 amide bonds. The lowest BCUT2D eigenvalue weighted by molar-refractivity contribution is 0.429. The van der Waals surface area contributed by atoms with Gasteiger partial charge in [0.15, 0.2) is 23.3 Å². The monoisotopic (exact) mass is 326 g/mol. The number of hydrogen-bond acceptors (Lipinski definition) is 0. The molecule has 1 aliphatic rings. The Bertz CT molecular complexity index is 551. The molecule has 0 aromatic heterocycles. The highest BCUT2D eigenvalue weighted by Crippen LogP contribution is 2.61. The fourth-order valence-electron chi connectivity index (χ4n) is 2.66. The number of rotatable bonds is 3. The van der Waals surface area contributed by atoms with Crippen molar-refractivity contribution in [3.05, 3.63) is 45.5 Å². The van der Waals surface area contributed by atoms with Crippen LogP contribution in [0, 0.1) is 40.5 Å². The lowest BCUT2D eigenvalue weighted by Gasteiger charge is -2.07. The van der Waals surface area contributed by atoms with Crippen molar-refractivity contribution in [3.8, 4) is 0 Å². The van der Waals surface area contributed by atoms with Crippen LogP contribution in [0.25, 0.3) is 0 Å². The number of hydrogen-bond donors (Lipinski definition) is 0. The number of benzene rings is 1. The second-order valence-corrected chi connectivity index (χ2v) is 6.57. The maximum Gasteiger partial charge on any atom is 0.165 e. The van der Waals surface area contributed by atoms with Gasteiger partial charge >= 0.3 is 0 Å². The van der Waals surface area contributed by atoms with E-state index in [1.165, 1.54) is 0 Å². The summed E-state index contributed by atoms with van der Waals surface area (Å²) in [5.41, 5.74) is -0.848. The first-order chi connectivity index (χ1) is 9.16. The summed E-state index contributed by atoms with van der Waals surface area (Å²) < 4.78 is 53.6. The summed E-state index contributed by atoms with van der Waals surface area (Å²) in [6, 6.07) is 0.208. The summed E-state index contributed by atoms with van der Waals surface area (Å²) >= 11 is 11.2. The van der Waals surface area contributed by atoms with Gasteiger partial charge in [0.25, 0.3) is 0 Å². The molecule has 110 valence electrons. The largest absolute Gasteiger partial charge is 0.204 e. The van der Waals surface area contributed by atoms with E-state index in [9.17, 15) is 17.6 Å². The van der Waals surface area contributed by atoms with E-state index >= 15 is 0 Å². The predicted molar refractivity (Wildman–Crippen MR) is 70.5 cm³/mol. The van der Waals surface area contributed by atoms with Crippen molar-refractivity contribution in [3.63, 3.8) is 0 Å². The van der Waals surface area contributed by atoms with Crippen LogP contribution in [0.15, 0.2) is 16.6 Å². The van der Waals surface area contributed by atoms with Crippen molar-refractivity contribution in [1.29, 1.82) is 0 Å². The average molecular weight is 327 g/mol. The summed E-state index contributed by atoms with van der Waals surface area (Å²) in [7, 11) is 0. The SMILES string of the molecule is CC1(C)[C@H](C=C(Cl)Cl)[C@H]1Cc1c(F)c(F)cc(F)c1F. The summed E-state index contributed by atoms with van der Waals surface area (Å²) in [4.78, 5) is 0. The Morgan fingerprint density at radius 2 is 1.65 bits per heavy atom. The van der Waals surface area contributed by atoms with Gasteiger partial charge in [-0.05, 0) is 23.7 Å². The van der Waals surface area contributed by atoms with E-state index in [0.29, 0.717) is 0 Å². The van der Waals surface area contributed by atoms with Crippen molar-refractivity contribution >= 4 is 23.2 Å². The van der Waals surface area contributed by atoms with E-state index < -0.39 is 28.8 Å². The second kappa shape index (κ2) is 5.23. The predicted octanol–water partition coefficient (Wildman–Crippen LogP) is 5.38. The molecular weight excluding hydrogens is 315 g/mol. The molecule has 0 nitrogen and oxygen atoms in total. The van der Waals surface area contributed by atoms with Crippen LogP contribution >= 0.6 is 23.2 Å². The highest BCUT2D eigenvalue weighted by atomic mass is 35.5. The standard InChI is InChI=1S/C14H12Cl2F4/c1-14(2)7(8(14)4-11(15)16)3-6-12(19)9(17)5-10(18)13(6)20/h4-5,7-8H,3H2,1-2H3/t7-,8-/m1/s1. The van der Waals surface area contributed by atoms with Crippen LogP contribution in [0.4, 0.5) is 17.6 Å². The topological polar surface area (TPSA) is 0 Å². The summed E-state index contributed by atoms with van der Waals surface area (Å²) in [6.45, 7) is 3.75. The van der Waals surface area contributed by atoms with Gasteiger partial charge in [0.05, 0.1) is 0 Å². The van der Waals surface area contributed by atoms with Crippen molar-refractivity contribution < 1.29 is 17.6 Å². The molecule has 2 rings (SSSR count). The lowest BCUT2D eigenvalue weighted by atomic mass is 10.0. The molecule has 20 heavy (non-hydrogen) atoms. The van der Waals surface area contributed by atoms with Gasteiger partial charge in [-0.25, -0.2) is 17.6 Å². The van der Waals surface area contributed by atoms with Gasteiger partial charge in [-0.15, -0.1) is 0 Å². The van der Waals surface area contributed by atoms with Gasteiger partial charge in [-0.2, -0.15) is 0 Å². The third-order valence-corrected chi connectivity index (χ3v) is 4.32. The molecule has 1 aliphatic carbocycles. The molecule has 0 bridgehead atoms. The quantitative estimate of drug-likeness (QED) is 0.517. The minimum absolute atomic E-state index is 0.0666. The molecule has 1 saturated carbocycles. The van der Waals surface area contributed by atoms with Crippen LogP contribution in [-0.2, 0) is 6.42 Å². The molecule has 0 heterocycles. The van der Waals surface area contributed by atoms with Crippen LogP contribution in [0.1, 0.15) is 19.4 Å². The fraction of sp³-hybridized carbons (Fsp3) is 0.429. The molecule has 0 spiro atoms. The molecule has 1 fully saturated rings. The van der Waals surface area contributed by atoms with E-state index in [1.807, 2.05) is 13.8 Å². The first kappa shape index (κ1) is 15.6. The molecule has 0 saturated heterocycles. The molecule has 1 aromatic rings. The molecule has 1 aromatic carbocycles. The highest BCUT2D eigenvalue weighted by Gasteiger charge is 2.56. The third kappa shape index (κ3) is 2.68. The van der Waals surface area contributed by atoms with Crippen molar-refractivity contribution in [2.45, 2.75) is 20.3 Å². The molecule has 0 N–H and O–H groups in total. The van der Waals surface area contributed by atoms with E-state index in [2.05, 4.69) is 0 Å². The van der Waals surface area contributed by atoms with Crippen LogP contribution in [0.5, 0.6) is 0 Å². The van der Waals surface area contributed by atoms with Gasteiger partial charge in [0.1, 0.15) is 4.49 Å². The molecule has 0 radical (unpaired) electrons. The second-order valence-electron chi connectivity index (χ2n) is 5.56. The first-order valence-electron chi connectivity index (χ1n) is 6.01. The Morgan fingerprint density at radius 1 is 1.15 bits per heavy atom. The maximum absolute atomic E-state index is 13.6. The average Bonchev–Trinajstić information content (AvgIpc) is 2.82. The maximum atomic E-state index is 13.6. The Hall–Kier alpha value is -0.740. The zero-order valence-corrected chi connectivity index (χ0v) is 12.3. The molecule has 0 unspecified atom stereocenters. The highest BCUT2D eigenvalue weighted by molar-refractivity contribution is 6.55. The van der Waals surface area contributed by atoms with Crippen LogP contribution < -0.4 is 0 Å². The zero-order valence-electron chi connectivity index (χ0n) is 10.8. The van der Waals surface area contributed by atoms with Gasteiger partial charge in [0, 0.05) is 11.6 Å². The number of allylic oxidation sites excluding steroid dienone is 1. The number of halogens is 6. The Balaban J connectivity index is 2.31. The van der Waals surface area contributed by atoms with E-state index in [4.69, 9.17) is 23.2 Å². The van der Waals surface area contributed by atoms with Crippen molar-refractivity contribution in [2.24, 2.45) is 17.3 Å². The van der Waals surface area contributed by atoms with E-state index in [1.54, 1.807) is 6.08 Å². The first-order valence-corrected chi connectivity index (χ1v) is 6.76. The summed E-state index contributed by atoms with van der Waals surface area (Å²) in [6.07, 6.45) is 1.47. The molecule has 2 atom stereocenters. The minimum Gasteiger partial charge on any atom is -0.204 e. The molecule has 0 aliphatic heterocycles.